The van der Waals surface area contributed by atoms with E-state index in [9.17, 15) is 22.4 Å². The molecule has 1 fully saturated rings. The lowest BCUT2D eigenvalue weighted by Crippen LogP contribution is -2.49. The molecule has 2 aromatic carbocycles. The van der Waals surface area contributed by atoms with Gasteiger partial charge in [0, 0.05) is 23.8 Å². The zero-order valence-electron chi connectivity index (χ0n) is 16.8. The minimum atomic E-state index is -4.73. The van der Waals surface area contributed by atoms with Crippen molar-refractivity contribution in [3.8, 4) is 5.75 Å². The lowest BCUT2D eigenvalue weighted by molar-refractivity contribution is -0.207. The number of hydrogen-bond acceptors (Lipinski definition) is 4. The highest BCUT2D eigenvalue weighted by Crippen LogP contribution is 2.26. The van der Waals surface area contributed by atoms with E-state index in [1.165, 1.54) is 48.5 Å². The van der Waals surface area contributed by atoms with Crippen molar-refractivity contribution in [2.45, 2.75) is 31.2 Å². The van der Waals surface area contributed by atoms with Crippen LogP contribution in [0.2, 0.25) is 5.02 Å². The summed E-state index contributed by atoms with van der Waals surface area (Å²) >= 11 is 5.75. The molecule has 0 aromatic heterocycles. The molecule has 1 aliphatic rings. The molecular weight excluding hydrogens is 475 g/mol. The molecule has 1 aliphatic heterocycles. The van der Waals surface area contributed by atoms with E-state index < -0.39 is 30.7 Å². The monoisotopic (exact) mass is 496 g/mol. The van der Waals surface area contributed by atoms with Gasteiger partial charge in [0.25, 0.3) is 0 Å². The van der Waals surface area contributed by atoms with Gasteiger partial charge < -0.3 is 9.47 Å². The molecule has 0 bridgehead atoms. The molecule has 11 heteroatoms. The van der Waals surface area contributed by atoms with Gasteiger partial charge in [0.15, 0.2) is 0 Å². The Kier molecular flexibility index (Phi) is 9.42. The lowest BCUT2D eigenvalue weighted by atomic mass is 10.1. The van der Waals surface area contributed by atoms with Crippen LogP contribution in [0.1, 0.15) is 12.8 Å². The molecule has 1 saturated heterocycles. The molecule has 5 nitrogen and oxygen atoms in total. The highest BCUT2D eigenvalue weighted by atomic mass is 35.5. The maximum absolute atomic E-state index is 13.5. The van der Waals surface area contributed by atoms with Crippen LogP contribution in [0.25, 0.3) is 0 Å². The number of carbonyl (C=O) groups excluding carboxylic acids is 1. The Bertz CT molecular complexity index is 867. The van der Waals surface area contributed by atoms with Crippen LogP contribution >= 0.6 is 24.0 Å². The molecule has 1 unspecified atom stereocenters. The van der Waals surface area contributed by atoms with Gasteiger partial charge in [0.05, 0.1) is 0 Å². The third-order valence-electron chi connectivity index (χ3n) is 4.71. The van der Waals surface area contributed by atoms with E-state index in [0.29, 0.717) is 30.2 Å². The summed E-state index contributed by atoms with van der Waals surface area (Å²) in [7, 11) is 0. The lowest BCUT2D eigenvalue weighted by Gasteiger charge is -2.35. The van der Waals surface area contributed by atoms with E-state index in [2.05, 4.69) is 10.1 Å². The second kappa shape index (κ2) is 11.6. The summed E-state index contributed by atoms with van der Waals surface area (Å²) < 4.78 is 63.9. The smallest absolute Gasteiger partial charge is 0.426 e. The zero-order valence-corrected chi connectivity index (χ0v) is 18.4. The number of carbonyl (C=O) groups is 1. The standard InChI is InChI=1S/C21H21ClF4N2O3.ClH/c22-14-3-7-16(8-4-14)27-20(29)31-19(21(24,25)26)13-28-11-1-2-18(12-28)30-17-9-5-15(23)6-10-17;/h3-10,18-19H,1-2,11-13H2,(H,27,29);1H/t18-,19?;/m0./s1. The minimum absolute atomic E-state index is 0. The number of amides is 1. The Morgan fingerprint density at radius 1 is 1.16 bits per heavy atom. The van der Waals surface area contributed by atoms with Gasteiger partial charge in [0.2, 0.25) is 6.10 Å². The molecule has 1 N–H and O–H groups in total. The molecule has 0 radical (unpaired) electrons. The van der Waals surface area contributed by atoms with Crippen LogP contribution in [0.15, 0.2) is 48.5 Å². The van der Waals surface area contributed by atoms with Gasteiger partial charge in [0.1, 0.15) is 17.7 Å². The van der Waals surface area contributed by atoms with Crippen molar-refractivity contribution in [1.82, 2.24) is 4.90 Å². The number of benzene rings is 2. The first kappa shape index (κ1) is 26.0. The van der Waals surface area contributed by atoms with Gasteiger partial charge in [-0.15, -0.1) is 12.4 Å². The summed E-state index contributed by atoms with van der Waals surface area (Å²) in [5.74, 6) is 0.0406. The largest absolute Gasteiger partial charge is 0.489 e. The molecule has 0 spiro atoms. The number of nitrogens with one attached hydrogen (secondary N) is 1. The Morgan fingerprint density at radius 3 is 2.44 bits per heavy atom. The molecule has 3 rings (SSSR count). The molecule has 1 heterocycles. The van der Waals surface area contributed by atoms with Crippen LogP contribution in [0, 0.1) is 5.82 Å². The van der Waals surface area contributed by atoms with Gasteiger partial charge in [-0.3, -0.25) is 10.2 Å². The van der Waals surface area contributed by atoms with Crippen LogP contribution in [0.5, 0.6) is 5.75 Å². The number of nitrogens with zero attached hydrogens (tertiary/aromatic N) is 1. The number of halogens is 6. The average Bonchev–Trinajstić information content (AvgIpc) is 2.71. The van der Waals surface area contributed by atoms with Crippen molar-refractivity contribution >= 4 is 35.8 Å². The van der Waals surface area contributed by atoms with E-state index in [1.54, 1.807) is 4.90 Å². The average molecular weight is 497 g/mol. The van der Waals surface area contributed by atoms with Gasteiger partial charge in [-0.25, -0.2) is 9.18 Å². The van der Waals surface area contributed by atoms with Crippen molar-refractivity contribution in [2.24, 2.45) is 0 Å². The van der Waals surface area contributed by atoms with Crippen molar-refractivity contribution in [1.29, 1.82) is 0 Å². The SMILES string of the molecule is Cl.O=C(Nc1ccc(Cl)cc1)OC(CN1CCC[C@H](Oc2ccc(F)cc2)C1)C(F)(F)F. The number of piperidine rings is 1. The number of alkyl halides is 3. The highest BCUT2D eigenvalue weighted by Gasteiger charge is 2.44. The molecular formula is C21H22Cl2F4N2O3. The minimum Gasteiger partial charge on any atom is -0.489 e. The third-order valence-corrected chi connectivity index (χ3v) is 4.96. The van der Waals surface area contributed by atoms with Crippen molar-refractivity contribution in [3.63, 3.8) is 0 Å². The first-order valence-electron chi connectivity index (χ1n) is 9.63. The number of hydrogen-bond donors (Lipinski definition) is 1. The molecule has 2 atom stereocenters. The maximum atomic E-state index is 13.5. The van der Waals surface area contributed by atoms with E-state index in [-0.39, 0.29) is 30.7 Å². The van der Waals surface area contributed by atoms with Crippen molar-refractivity contribution in [2.75, 3.05) is 25.0 Å². The summed E-state index contributed by atoms with van der Waals surface area (Å²) in [6, 6.07) is 11.3. The zero-order chi connectivity index (χ0) is 22.4. The fourth-order valence-corrected chi connectivity index (χ4v) is 3.36. The number of rotatable bonds is 6. The maximum Gasteiger partial charge on any atom is 0.426 e. The molecule has 176 valence electrons. The number of likely N-dealkylation sites (tertiary alicyclic amines) is 1. The summed E-state index contributed by atoms with van der Waals surface area (Å²) in [6.45, 7) is 0.130. The molecule has 2 aromatic rings. The second-order valence-corrected chi connectivity index (χ2v) is 7.60. The normalized spacial score (nSPS) is 17.7. The van der Waals surface area contributed by atoms with Crippen LogP contribution in [-0.4, -0.2) is 49.0 Å². The van der Waals surface area contributed by atoms with Crippen LogP contribution in [0.4, 0.5) is 28.0 Å². The summed E-state index contributed by atoms with van der Waals surface area (Å²) in [5.41, 5.74) is 0.265. The van der Waals surface area contributed by atoms with Crippen LogP contribution in [-0.2, 0) is 4.74 Å². The van der Waals surface area contributed by atoms with Gasteiger partial charge in [-0.05, 0) is 67.9 Å². The van der Waals surface area contributed by atoms with Gasteiger partial charge in [-0.1, -0.05) is 11.6 Å². The Balaban J connectivity index is 0.00000363. The first-order chi connectivity index (χ1) is 14.7. The van der Waals surface area contributed by atoms with E-state index in [1.807, 2.05) is 0 Å². The number of ether oxygens (including phenoxy) is 2. The van der Waals surface area contributed by atoms with Crippen molar-refractivity contribution in [3.05, 3.63) is 59.4 Å². The summed E-state index contributed by atoms with van der Waals surface area (Å²) in [5, 5.41) is 2.69. The Labute approximate surface area is 194 Å². The van der Waals surface area contributed by atoms with E-state index >= 15 is 0 Å². The fraction of sp³-hybridized carbons (Fsp3) is 0.381. The molecule has 1 amide bonds. The molecule has 32 heavy (non-hydrogen) atoms. The topological polar surface area (TPSA) is 50.8 Å². The van der Waals surface area contributed by atoms with E-state index in [0.717, 1.165) is 0 Å². The number of anilines is 1. The summed E-state index contributed by atoms with van der Waals surface area (Å²) in [6.07, 6.45) is -7.32. The first-order valence-corrected chi connectivity index (χ1v) is 10.0. The second-order valence-electron chi connectivity index (χ2n) is 7.16. The molecule has 0 aliphatic carbocycles. The highest BCUT2D eigenvalue weighted by molar-refractivity contribution is 6.30. The van der Waals surface area contributed by atoms with Crippen LogP contribution in [0.3, 0.4) is 0 Å². The van der Waals surface area contributed by atoms with Crippen LogP contribution < -0.4 is 10.1 Å². The summed E-state index contributed by atoms with van der Waals surface area (Å²) in [4.78, 5) is 13.5. The predicted molar refractivity (Wildman–Crippen MR) is 115 cm³/mol. The Morgan fingerprint density at radius 2 is 1.81 bits per heavy atom. The predicted octanol–water partition coefficient (Wildman–Crippen LogP) is 5.92. The molecule has 0 saturated carbocycles. The van der Waals surface area contributed by atoms with Crippen molar-refractivity contribution < 1.29 is 31.8 Å². The fourth-order valence-electron chi connectivity index (χ4n) is 3.23. The van der Waals surface area contributed by atoms with Gasteiger partial charge in [-0.2, -0.15) is 13.2 Å². The third kappa shape index (κ3) is 8.03. The van der Waals surface area contributed by atoms with E-state index in [4.69, 9.17) is 16.3 Å². The quantitative estimate of drug-likeness (QED) is 0.504. The van der Waals surface area contributed by atoms with Gasteiger partial charge >= 0.3 is 12.3 Å². The Hall–Kier alpha value is -2.23.